The summed E-state index contributed by atoms with van der Waals surface area (Å²) < 4.78 is 5.33. The van der Waals surface area contributed by atoms with Gasteiger partial charge in [0.05, 0.1) is 7.11 Å². The maximum Gasteiger partial charge on any atom is 0.122 e. The summed E-state index contributed by atoms with van der Waals surface area (Å²) in [6, 6.07) is 4.37. The van der Waals surface area contributed by atoms with Gasteiger partial charge in [0.2, 0.25) is 0 Å². The summed E-state index contributed by atoms with van der Waals surface area (Å²) in [6.45, 7) is 4.25. The predicted molar refractivity (Wildman–Crippen MR) is 73.2 cm³/mol. The Balaban J connectivity index is 2.02. The van der Waals surface area contributed by atoms with Gasteiger partial charge in [0, 0.05) is 5.38 Å². The summed E-state index contributed by atoms with van der Waals surface area (Å²) >= 11 is 6.35. The highest BCUT2D eigenvalue weighted by Gasteiger charge is 2.29. The molecule has 17 heavy (non-hydrogen) atoms. The van der Waals surface area contributed by atoms with Crippen LogP contribution in [0.4, 0.5) is 0 Å². The van der Waals surface area contributed by atoms with Crippen molar-refractivity contribution in [3.63, 3.8) is 0 Å². The van der Waals surface area contributed by atoms with Crippen molar-refractivity contribution in [2.45, 2.75) is 44.9 Å². The quantitative estimate of drug-likeness (QED) is 0.712. The number of hydrogen-bond donors (Lipinski definition) is 0. The van der Waals surface area contributed by atoms with Gasteiger partial charge in [-0.15, -0.1) is 11.6 Å². The van der Waals surface area contributed by atoms with Gasteiger partial charge in [0.15, 0.2) is 0 Å². The smallest absolute Gasteiger partial charge is 0.122 e. The van der Waals surface area contributed by atoms with E-state index in [0.29, 0.717) is 5.38 Å². The van der Waals surface area contributed by atoms with Gasteiger partial charge >= 0.3 is 0 Å². The maximum atomic E-state index is 6.35. The summed E-state index contributed by atoms with van der Waals surface area (Å²) in [5.74, 6) is 1.77. The summed E-state index contributed by atoms with van der Waals surface area (Å²) in [5, 5.41) is 0.372. The third-order valence-corrected chi connectivity index (χ3v) is 4.25. The molecule has 0 bridgehead atoms. The van der Waals surface area contributed by atoms with Gasteiger partial charge in [-0.1, -0.05) is 6.07 Å². The van der Waals surface area contributed by atoms with Crippen LogP contribution in [0.25, 0.3) is 0 Å². The molecule has 1 aromatic rings. The van der Waals surface area contributed by atoms with E-state index in [1.807, 2.05) is 0 Å². The molecular formula is C15H21ClO. The lowest BCUT2D eigenvalue weighted by Gasteiger charge is -2.13. The molecule has 1 unspecified atom stereocenters. The van der Waals surface area contributed by atoms with Crippen molar-refractivity contribution in [1.29, 1.82) is 0 Å². The Hall–Kier alpha value is -0.690. The highest BCUT2D eigenvalue weighted by Crippen LogP contribution is 2.38. The molecule has 0 amide bonds. The molecular weight excluding hydrogens is 232 g/mol. The van der Waals surface area contributed by atoms with Crippen molar-refractivity contribution >= 4 is 11.6 Å². The Bertz CT molecular complexity index is 396. The standard InChI is InChI=1S/C15H21ClO/c1-10-9-15(17-3)11(2)8-13(10)6-7-14(16)12-4-5-12/h8-9,12,14H,4-7H2,1-3H3. The number of methoxy groups -OCH3 is 1. The molecule has 0 N–H and O–H groups in total. The van der Waals surface area contributed by atoms with Crippen LogP contribution < -0.4 is 4.74 Å². The van der Waals surface area contributed by atoms with E-state index >= 15 is 0 Å². The van der Waals surface area contributed by atoms with E-state index in [-0.39, 0.29) is 0 Å². The first-order valence-electron chi connectivity index (χ1n) is 6.40. The first-order chi connectivity index (χ1) is 8.11. The molecule has 94 valence electrons. The fraction of sp³-hybridized carbons (Fsp3) is 0.600. The Morgan fingerprint density at radius 2 is 2.00 bits per heavy atom. The zero-order valence-electron chi connectivity index (χ0n) is 10.9. The van der Waals surface area contributed by atoms with Gasteiger partial charge in [0.25, 0.3) is 0 Å². The average molecular weight is 253 g/mol. The second-order valence-electron chi connectivity index (χ2n) is 5.14. The van der Waals surface area contributed by atoms with Crippen LogP contribution in [-0.2, 0) is 6.42 Å². The van der Waals surface area contributed by atoms with Gasteiger partial charge in [0.1, 0.15) is 5.75 Å². The van der Waals surface area contributed by atoms with E-state index in [0.717, 1.165) is 24.5 Å². The number of rotatable bonds is 5. The second-order valence-corrected chi connectivity index (χ2v) is 5.70. The third-order valence-electron chi connectivity index (χ3n) is 3.68. The van der Waals surface area contributed by atoms with Crippen LogP contribution in [-0.4, -0.2) is 12.5 Å². The number of alkyl halides is 1. The largest absolute Gasteiger partial charge is 0.496 e. The fourth-order valence-electron chi connectivity index (χ4n) is 2.33. The molecule has 0 saturated heterocycles. The Kier molecular flexibility index (Phi) is 3.98. The first-order valence-corrected chi connectivity index (χ1v) is 6.83. The van der Waals surface area contributed by atoms with E-state index in [1.165, 1.54) is 29.5 Å². The summed E-state index contributed by atoms with van der Waals surface area (Å²) in [5.41, 5.74) is 3.94. The van der Waals surface area contributed by atoms with Gasteiger partial charge < -0.3 is 4.74 Å². The highest BCUT2D eigenvalue weighted by molar-refractivity contribution is 6.20. The lowest BCUT2D eigenvalue weighted by molar-refractivity contribution is 0.411. The molecule has 0 heterocycles. The fourth-order valence-corrected chi connectivity index (χ4v) is 2.69. The third kappa shape index (κ3) is 3.16. The van der Waals surface area contributed by atoms with Crippen LogP contribution >= 0.6 is 11.6 Å². The van der Waals surface area contributed by atoms with Crippen LogP contribution in [0.3, 0.4) is 0 Å². The van der Waals surface area contributed by atoms with E-state index in [2.05, 4.69) is 26.0 Å². The molecule has 1 nitrogen and oxygen atoms in total. The lowest BCUT2D eigenvalue weighted by Crippen LogP contribution is -2.04. The van der Waals surface area contributed by atoms with Gasteiger partial charge in [-0.3, -0.25) is 0 Å². The minimum absolute atomic E-state index is 0.372. The number of ether oxygens (including phenoxy) is 1. The first kappa shape index (κ1) is 12.8. The van der Waals surface area contributed by atoms with Crippen molar-refractivity contribution in [2.75, 3.05) is 7.11 Å². The molecule has 1 saturated carbocycles. The molecule has 1 aliphatic carbocycles. The topological polar surface area (TPSA) is 9.23 Å². The van der Waals surface area contributed by atoms with E-state index in [9.17, 15) is 0 Å². The van der Waals surface area contributed by atoms with E-state index in [1.54, 1.807) is 7.11 Å². The molecule has 2 heteroatoms. The van der Waals surface area contributed by atoms with Gasteiger partial charge in [-0.2, -0.15) is 0 Å². The molecule has 1 fully saturated rings. The highest BCUT2D eigenvalue weighted by atomic mass is 35.5. The van der Waals surface area contributed by atoms with Gasteiger partial charge in [-0.25, -0.2) is 0 Å². The van der Waals surface area contributed by atoms with E-state index in [4.69, 9.17) is 16.3 Å². The number of benzene rings is 1. The van der Waals surface area contributed by atoms with Crippen molar-refractivity contribution < 1.29 is 4.74 Å². The number of halogens is 1. The molecule has 2 rings (SSSR count). The van der Waals surface area contributed by atoms with Crippen LogP contribution in [0, 0.1) is 19.8 Å². The van der Waals surface area contributed by atoms with Crippen LogP contribution in [0.2, 0.25) is 0 Å². The minimum Gasteiger partial charge on any atom is -0.496 e. The molecule has 1 atom stereocenters. The summed E-state index contributed by atoms with van der Waals surface area (Å²) in [4.78, 5) is 0. The Morgan fingerprint density at radius 3 is 2.59 bits per heavy atom. The molecule has 0 spiro atoms. The average Bonchev–Trinajstić information content (AvgIpc) is 3.13. The van der Waals surface area contributed by atoms with Crippen molar-refractivity contribution in [1.82, 2.24) is 0 Å². The Morgan fingerprint density at radius 1 is 1.29 bits per heavy atom. The summed E-state index contributed by atoms with van der Waals surface area (Å²) in [7, 11) is 1.73. The lowest BCUT2D eigenvalue weighted by atomic mass is 9.99. The van der Waals surface area contributed by atoms with Gasteiger partial charge in [-0.05, 0) is 68.2 Å². The van der Waals surface area contributed by atoms with Crippen LogP contribution in [0.15, 0.2) is 12.1 Å². The van der Waals surface area contributed by atoms with Crippen molar-refractivity contribution in [2.24, 2.45) is 5.92 Å². The molecule has 0 aliphatic heterocycles. The SMILES string of the molecule is COc1cc(C)c(CCC(Cl)C2CC2)cc1C. The predicted octanol–water partition coefficient (Wildman–Crippen LogP) is 4.26. The zero-order valence-corrected chi connectivity index (χ0v) is 11.7. The molecule has 0 radical (unpaired) electrons. The minimum atomic E-state index is 0.372. The maximum absolute atomic E-state index is 6.35. The zero-order chi connectivity index (χ0) is 12.4. The summed E-state index contributed by atoms with van der Waals surface area (Å²) in [6.07, 6.45) is 4.84. The molecule has 0 aromatic heterocycles. The van der Waals surface area contributed by atoms with Crippen molar-refractivity contribution in [3.8, 4) is 5.75 Å². The number of aryl methyl sites for hydroxylation is 3. The molecule has 1 aromatic carbocycles. The van der Waals surface area contributed by atoms with Crippen molar-refractivity contribution in [3.05, 3.63) is 28.8 Å². The van der Waals surface area contributed by atoms with Crippen LogP contribution in [0.1, 0.15) is 36.0 Å². The monoisotopic (exact) mass is 252 g/mol. The van der Waals surface area contributed by atoms with Crippen LogP contribution in [0.5, 0.6) is 5.75 Å². The normalized spacial score (nSPS) is 16.9. The Labute approximate surface area is 109 Å². The number of hydrogen-bond acceptors (Lipinski definition) is 1. The van der Waals surface area contributed by atoms with E-state index < -0.39 is 0 Å². The second kappa shape index (κ2) is 5.30. The molecule has 1 aliphatic rings.